The molecule has 0 saturated carbocycles. The van der Waals surface area contributed by atoms with Gasteiger partial charge in [0, 0.05) is 19.0 Å². The highest BCUT2D eigenvalue weighted by molar-refractivity contribution is 5.46. The Labute approximate surface area is 168 Å². The van der Waals surface area contributed by atoms with Crippen LogP contribution in [0.25, 0.3) is 5.69 Å². The first kappa shape index (κ1) is 19.0. The summed E-state index contributed by atoms with van der Waals surface area (Å²) in [6.45, 7) is 1.02. The number of piperidine rings is 1. The summed E-state index contributed by atoms with van der Waals surface area (Å²) in [5.41, 5.74) is 0.866. The summed E-state index contributed by atoms with van der Waals surface area (Å²) < 4.78 is 18.2. The minimum absolute atomic E-state index is 0.342. The molecule has 0 bridgehead atoms. The van der Waals surface area contributed by atoms with E-state index in [1.54, 1.807) is 37.1 Å². The van der Waals surface area contributed by atoms with E-state index in [9.17, 15) is 5.11 Å². The summed E-state index contributed by atoms with van der Waals surface area (Å²) in [6.07, 6.45) is -0.417. The Kier molecular flexibility index (Phi) is 5.48. The van der Waals surface area contributed by atoms with Crippen LogP contribution < -0.4 is 19.1 Å². The number of methoxy groups -OCH3 is 2. The van der Waals surface area contributed by atoms with E-state index in [1.165, 1.54) is 0 Å². The number of β-amino-alcohol motifs (C(OH)–C–C–N with tert-alkyl or cyclic N) is 1. The molecule has 1 saturated heterocycles. The van der Waals surface area contributed by atoms with E-state index in [-0.39, 0.29) is 6.10 Å². The summed E-state index contributed by atoms with van der Waals surface area (Å²) in [5.74, 6) is 2.43. The monoisotopic (exact) mass is 397 g/mol. The van der Waals surface area contributed by atoms with Gasteiger partial charge < -0.3 is 24.2 Å². The SMILES string of the molecule is COc1ccc(O[C@@H]2CCN(c3nnnn3-c3ccccc3)C[C@H]2O)cc1OC. The average molecular weight is 397 g/mol. The Morgan fingerprint density at radius 2 is 1.83 bits per heavy atom. The fourth-order valence-corrected chi connectivity index (χ4v) is 3.41. The number of ether oxygens (including phenoxy) is 3. The predicted molar refractivity (Wildman–Crippen MR) is 106 cm³/mol. The van der Waals surface area contributed by atoms with Gasteiger partial charge in [0.15, 0.2) is 11.5 Å². The highest BCUT2D eigenvalue weighted by Gasteiger charge is 2.32. The van der Waals surface area contributed by atoms with Crippen LogP contribution in [0.2, 0.25) is 0 Å². The van der Waals surface area contributed by atoms with Crippen LogP contribution >= 0.6 is 0 Å². The maximum Gasteiger partial charge on any atom is 0.250 e. The number of para-hydroxylation sites is 1. The van der Waals surface area contributed by atoms with Crippen LogP contribution in [0.1, 0.15) is 6.42 Å². The molecule has 0 amide bonds. The van der Waals surface area contributed by atoms with E-state index in [2.05, 4.69) is 15.5 Å². The topological polar surface area (TPSA) is 94.8 Å². The molecule has 1 aliphatic heterocycles. The number of aliphatic hydroxyl groups is 1. The summed E-state index contributed by atoms with van der Waals surface area (Å²) in [4.78, 5) is 1.96. The molecule has 1 aromatic heterocycles. The molecule has 9 nitrogen and oxygen atoms in total. The zero-order valence-electron chi connectivity index (χ0n) is 16.3. The van der Waals surface area contributed by atoms with Gasteiger partial charge in [0.05, 0.1) is 26.5 Å². The zero-order valence-corrected chi connectivity index (χ0v) is 16.3. The van der Waals surface area contributed by atoms with Crippen molar-refractivity contribution < 1.29 is 19.3 Å². The molecular weight excluding hydrogens is 374 g/mol. The van der Waals surface area contributed by atoms with Crippen molar-refractivity contribution >= 4 is 5.95 Å². The maximum atomic E-state index is 10.7. The molecule has 1 fully saturated rings. The molecule has 29 heavy (non-hydrogen) atoms. The van der Waals surface area contributed by atoms with Crippen LogP contribution in [-0.4, -0.2) is 64.8 Å². The van der Waals surface area contributed by atoms with Crippen LogP contribution in [0.5, 0.6) is 17.2 Å². The molecule has 0 aliphatic carbocycles. The largest absolute Gasteiger partial charge is 0.493 e. The third kappa shape index (κ3) is 3.95. The van der Waals surface area contributed by atoms with Gasteiger partial charge in [-0.05, 0) is 34.7 Å². The minimum Gasteiger partial charge on any atom is -0.493 e. The van der Waals surface area contributed by atoms with E-state index in [0.29, 0.717) is 42.7 Å². The number of benzene rings is 2. The number of hydrogen-bond donors (Lipinski definition) is 1. The standard InChI is InChI=1S/C20H23N5O4/c1-27-18-9-8-15(12-19(18)28-2)29-17-10-11-24(13-16(17)26)20-21-22-23-25(20)14-6-4-3-5-7-14/h3-9,12,16-17,26H,10-11,13H2,1-2H3/t16-,17-/m1/s1. The van der Waals surface area contributed by atoms with Crippen molar-refractivity contribution in [2.24, 2.45) is 0 Å². The van der Waals surface area contributed by atoms with Crippen molar-refractivity contribution in [1.29, 1.82) is 0 Å². The van der Waals surface area contributed by atoms with Gasteiger partial charge in [-0.15, -0.1) is 0 Å². The Balaban J connectivity index is 1.45. The molecule has 152 valence electrons. The van der Waals surface area contributed by atoms with Crippen molar-refractivity contribution in [2.45, 2.75) is 18.6 Å². The molecule has 1 aliphatic rings. The Morgan fingerprint density at radius 3 is 2.55 bits per heavy atom. The highest BCUT2D eigenvalue weighted by atomic mass is 16.5. The van der Waals surface area contributed by atoms with Gasteiger partial charge in [0.2, 0.25) is 5.95 Å². The van der Waals surface area contributed by atoms with Crippen LogP contribution in [0, 0.1) is 0 Å². The summed E-state index contributed by atoms with van der Waals surface area (Å²) in [6, 6.07) is 15.0. The van der Waals surface area contributed by atoms with E-state index >= 15 is 0 Å². The lowest BCUT2D eigenvalue weighted by molar-refractivity contribution is 0.0236. The number of nitrogens with zero attached hydrogens (tertiary/aromatic N) is 5. The molecule has 3 aromatic rings. The molecule has 0 radical (unpaired) electrons. The number of rotatable bonds is 6. The van der Waals surface area contributed by atoms with E-state index in [1.807, 2.05) is 35.2 Å². The van der Waals surface area contributed by atoms with Gasteiger partial charge in [-0.25, -0.2) is 0 Å². The molecule has 2 heterocycles. The van der Waals surface area contributed by atoms with Crippen molar-refractivity contribution in [2.75, 3.05) is 32.2 Å². The summed E-state index contributed by atoms with van der Waals surface area (Å²) in [5, 5.41) is 22.7. The van der Waals surface area contributed by atoms with Gasteiger partial charge in [-0.2, -0.15) is 4.68 Å². The number of anilines is 1. The summed E-state index contributed by atoms with van der Waals surface area (Å²) in [7, 11) is 3.16. The third-order valence-corrected chi connectivity index (χ3v) is 4.90. The lowest BCUT2D eigenvalue weighted by Gasteiger charge is -2.36. The maximum absolute atomic E-state index is 10.7. The van der Waals surface area contributed by atoms with Gasteiger partial charge >= 0.3 is 0 Å². The molecule has 4 rings (SSSR count). The normalized spacial score (nSPS) is 19.1. The Morgan fingerprint density at radius 1 is 1.03 bits per heavy atom. The van der Waals surface area contributed by atoms with Crippen LogP contribution in [0.15, 0.2) is 48.5 Å². The van der Waals surface area contributed by atoms with Crippen LogP contribution in [-0.2, 0) is 0 Å². The summed E-state index contributed by atoms with van der Waals surface area (Å²) >= 11 is 0. The Bertz CT molecular complexity index is 949. The van der Waals surface area contributed by atoms with Gasteiger partial charge in [-0.3, -0.25) is 0 Å². The molecular formula is C20H23N5O4. The van der Waals surface area contributed by atoms with Crippen molar-refractivity contribution in [3.63, 3.8) is 0 Å². The highest BCUT2D eigenvalue weighted by Crippen LogP contribution is 2.32. The number of aromatic nitrogens is 4. The first-order valence-electron chi connectivity index (χ1n) is 9.35. The Hall–Kier alpha value is -3.33. The predicted octanol–water partition coefficient (Wildman–Crippen LogP) is 1.70. The lowest BCUT2D eigenvalue weighted by Crippen LogP contribution is -2.49. The molecule has 1 N–H and O–H groups in total. The number of tetrazole rings is 1. The number of aliphatic hydroxyl groups excluding tert-OH is 1. The minimum atomic E-state index is -0.697. The zero-order chi connectivity index (χ0) is 20.2. The van der Waals surface area contributed by atoms with Crippen molar-refractivity contribution in [3.05, 3.63) is 48.5 Å². The molecule has 0 unspecified atom stereocenters. The van der Waals surface area contributed by atoms with E-state index < -0.39 is 6.10 Å². The first-order chi connectivity index (χ1) is 14.2. The third-order valence-electron chi connectivity index (χ3n) is 4.90. The van der Waals surface area contributed by atoms with Crippen molar-refractivity contribution in [1.82, 2.24) is 20.2 Å². The second kappa shape index (κ2) is 8.36. The molecule has 2 atom stereocenters. The first-order valence-corrected chi connectivity index (χ1v) is 9.35. The molecule has 0 spiro atoms. The van der Waals surface area contributed by atoms with Crippen molar-refractivity contribution in [3.8, 4) is 22.9 Å². The molecule has 9 heteroatoms. The smallest absolute Gasteiger partial charge is 0.250 e. The second-order valence-corrected chi connectivity index (χ2v) is 6.70. The quantitative estimate of drug-likeness (QED) is 0.672. The van der Waals surface area contributed by atoms with Crippen LogP contribution in [0.4, 0.5) is 5.95 Å². The van der Waals surface area contributed by atoms with Crippen LogP contribution in [0.3, 0.4) is 0 Å². The van der Waals surface area contributed by atoms with Gasteiger partial charge in [0.25, 0.3) is 0 Å². The average Bonchev–Trinajstić information content (AvgIpc) is 3.25. The van der Waals surface area contributed by atoms with Gasteiger partial charge in [-0.1, -0.05) is 23.3 Å². The van der Waals surface area contributed by atoms with E-state index in [0.717, 1.165) is 5.69 Å². The fourth-order valence-electron chi connectivity index (χ4n) is 3.41. The molecule has 2 aromatic carbocycles. The number of hydrogen-bond acceptors (Lipinski definition) is 8. The fraction of sp³-hybridized carbons (Fsp3) is 0.350. The lowest BCUT2D eigenvalue weighted by atomic mass is 10.1. The van der Waals surface area contributed by atoms with Gasteiger partial charge in [0.1, 0.15) is 18.0 Å². The van der Waals surface area contributed by atoms with E-state index in [4.69, 9.17) is 14.2 Å². The second-order valence-electron chi connectivity index (χ2n) is 6.70.